The van der Waals surface area contributed by atoms with Gasteiger partial charge in [-0.15, -0.1) is 0 Å². The number of halogens is 4. The van der Waals surface area contributed by atoms with Crippen molar-refractivity contribution in [3.05, 3.63) is 65.4 Å². The second kappa shape index (κ2) is 12.7. The minimum Gasteiger partial charge on any atom is -0.374 e. The van der Waals surface area contributed by atoms with Gasteiger partial charge in [-0.2, -0.15) is 18.4 Å². The van der Waals surface area contributed by atoms with E-state index in [2.05, 4.69) is 27.5 Å². The van der Waals surface area contributed by atoms with Gasteiger partial charge < -0.3 is 16.0 Å². The van der Waals surface area contributed by atoms with Gasteiger partial charge in [-0.25, -0.2) is 9.37 Å². The molecule has 0 atom stereocenters. The fourth-order valence-electron chi connectivity index (χ4n) is 3.35. The number of carbonyl (C=O) groups is 1. The maximum atomic E-state index is 14.3. The first-order valence-electron chi connectivity index (χ1n) is 11.3. The number of amides is 1. The summed E-state index contributed by atoms with van der Waals surface area (Å²) in [5, 5.41) is 17.2. The van der Waals surface area contributed by atoms with Crippen LogP contribution in [0.25, 0.3) is 0 Å². The lowest BCUT2D eigenvalue weighted by Crippen LogP contribution is -2.48. The van der Waals surface area contributed by atoms with Crippen molar-refractivity contribution < 1.29 is 22.4 Å². The van der Waals surface area contributed by atoms with Gasteiger partial charge in [0.2, 0.25) is 0 Å². The molecular weight excluding hydrogens is 462 g/mol. The molecule has 0 aliphatic heterocycles. The molecule has 0 unspecified atom stereocenters. The highest BCUT2D eigenvalue weighted by Gasteiger charge is 2.40. The van der Waals surface area contributed by atoms with Gasteiger partial charge in [-0.05, 0) is 43.5 Å². The predicted molar refractivity (Wildman–Crippen MR) is 129 cm³/mol. The van der Waals surface area contributed by atoms with E-state index in [9.17, 15) is 22.4 Å². The smallest absolute Gasteiger partial charge is 0.374 e. The summed E-state index contributed by atoms with van der Waals surface area (Å²) in [5.41, 5.74) is -1.85. The lowest BCUT2D eigenvalue weighted by molar-refractivity contribution is -0.138. The molecule has 1 aliphatic carbocycles. The van der Waals surface area contributed by atoms with Crippen LogP contribution in [0.3, 0.4) is 0 Å². The standard InChI is InChI=1S/C21H19F4N5O.2C2H6/c1-12(29-14-8-16(21(23,24)25)18(10-26)28-11-14)20(6-3-7-20)30-13-4-5-15(17(22)9-13)19(31)27-2;2*1-2/h4-5,8-9,11,29-30H,1,3,6-7H2,2H3,(H,27,31);2*1-2H3. The fourth-order valence-corrected chi connectivity index (χ4v) is 3.35. The van der Waals surface area contributed by atoms with E-state index in [1.165, 1.54) is 25.2 Å². The molecule has 1 aromatic carbocycles. The Hall–Kier alpha value is -3.61. The van der Waals surface area contributed by atoms with E-state index in [1.807, 2.05) is 27.7 Å². The highest BCUT2D eigenvalue weighted by Crippen LogP contribution is 2.41. The zero-order chi connectivity index (χ0) is 26.8. The lowest BCUT2D eigenvalue weighted by atomic mass is 9.74. The Kier molecular flexibility index (Phi) is 10.7. The van der Waals surface area contributed by atoms with Crippen LogP contribution in [0.15, 0.2) is 42.7 Å². The number of anilines is 2. The third-order valence-electron chi connectivity index (χ3n) is 5.20. The molecule has 0 spiro atoms. The Morgan fingerprint density at radius 1 is 1.14 bits per heavy atom. The molecular formula is C25H31F4N5O. The highest BCUT2D eigenvalue weighted by atomic mass is 19.4. The van der Waals surface area contributed by atoms with Gasteiger partial charge in [-0.3, -0.25) is 4.79 Å². The number of nitrogens with zero attached hydrogens (tertiary/aromatic N) is 2. The van der Waals surface area contributed by atoms with Crippen LogP contribution in [-0.4, -0.2) is 23.5 Å². The largest absolute Gasteiger partial charge is 0.419 e. The van der Waals surface area contributed by atoms with E-state index in [-0.39, 0.29) is 11.3 Å². The molecule has 1 heterocycles. The van der Waals surface area contributed by atoms with Crippen molar-refractivity contribution in [3.8, 4) is 6.07 Å². The van der Waals surface area contributed by atoms with Gasteiger partial charge in [0.15, 0.2) is 5.69 Å². The molecule has 1 aliphatic rings. The first-order chi connectivity index (χ1) is 16.6. The molecule has 1 amide bonds. The maximum Gasteiger partial charge on any atom is 0.419 e. The van der Waals surface area contributed by atoms with E-state index < -0.39 is 34.7 Å². The summed E-state index contributed by atoms with van der Waals surface area (Å²) in [6, 6.07) is 6.32. The van der Waals surface area contributed by atoms with Crippen LogP contribution in [-0.2, 0) is 6.18 Å². The molecule has 3 rings (SSSR count). The van der Waals surface area contributed by atoms with E-state index in [0.29, 0.717) is 24.2 Å². The summed E-state index contributed by atoms with van der Waals surface area (Å²) in [6.45, 7) is 12.0. The van der Waals surface area contributed by atoms with Gasteiger partial charge in [-0.1, -0.05) is 34.3 Å². The van der Waals surface area contributed by atoms with Crippen molar-refractivity contribution in [2.45, 2.75) is 58.7 Å². The number of rotatable bonds is 6. The number of pyridine rings is 1. The highest BCUT2D eigenvalue weighted by molar-refractivity contribution is 5.94. The van der Waals surface area contributed by atoms with Crippen molar-refractivity contribution in [3.63, 3.8) is 0 Å². The summed E-state index contributed by atoms with van der Waals surface area (Å²) in [5.74, 6) is -1.26. The molecule has 0 radical (unpaired) electrons. The first-order valence-corrected chi connectivity index (χ1v) is 11.3. The minimum absolute atomic E-state index is 0.0329. The maximum absolute atomic E-state index is 14.3. The zero-order valence-corrected chi connectivity index (χ0v) is 20.5. The fraction of sp³-hybridized carbons (Fsp3) is 0.400. The minimum atomic E-state index is -4.73. The van der Waals surface area contributed by atoms with Crippen molar-refractivity contribution in [1.82, 2.24) is 10.3 Å². The van der Waals surface area contributed by atoms with E-state index in [4.69, 9.17) is 5.26 Å². The van der Waals surface area contributed by atoms with Crippen LogP contribution in [0.1, 0.15) is 68.6 Å². The Bertz CT molecular complexity index is 1070. The van der Waals surface area contributed by atoms with Crippen molar-refractivity contribution in [2.75, 3.05) is 17.7 Å². The molecule has 1 fully saturated rings. The summed E-state index contributed by atoms with van der Waals surface area (Å²) in [4.78, 5) is 15.2. The van der Waals surface area contributed by atoms with Gasteiger partial charge in [0.05, 0.1) is 28.6 Å². The molecule has 35 heavy (non-hydrogen) atoms. The van der Waals surface area contributed by atoms with Crippen LogP contribution in [0, 0.1) is 17.1 Å². The number of nitrogens with one attached hydrogen (secondary N) is 3. The van der Waals surface area contributed by atoms with Crippen LogP contribution in [0.5, 0.6) is 0 Å². The topological polar surface area (TPSA) is 89.8 Å². The van der Waals surface area contributed by atoms with Crippen molar-refractivity contribution in [1.29, 1.82) is 5.26 Å². The average molecular weight is 494 g/mol. The summed E-state index contributed by atoms with van der Waals surface area (Å²) >= 11 is 0. The van der Waals surface area contributed by atoms with Gasteiger partial charge in [0.1, 0.15) is 11.9 Å². The van der Waals surface area contributed by atoms with E-state index in [0.717, 1.165) is 18.7 Å². The normalized spacial score (nSPS) is 13.4. The molecule has 3 N–H and O–H groups in total. The van der Waals surface area contributed by atoms with E-state index in [1.54, 1.807) is 6.07 Å². The number of benzene rings is 1. The van der Waals surface area contributed by atoms with Gasteiger partial charge in [0, 0.05) is 18.4 Å². The molecule has 190 valence electrons. The summed E-state index contributed by atoms with van der Waals surface area (Å²) in [6.07, 6.45) is -1.52. The Labute approximate surface area is 203 Å². The van der Waals surface area contributed by atoms with Crippen LogP contribution >= 0.6 is 0 Å². The molecule has 10 heteroatoms. The van der Waals surface area contributed by atoms with Gasteiger partial charge in [0.25, 0.3) is 5.91 Å². The zero-order valence-electron chi connectivity index (χ0n) is 20.5. The Morgan fingerprint density at radius 3 is 2.23 bits per heavy atom. The molecule has 0 saturated heterocycles. The molecule has 1 aromatic heterocycles. The summed E-state index contributed by atoms with van der Waals surface area (Å²) < 4.78 is 53.8. The van der Waals surface area contributed by atoms with Crippen LogP contribution in [0.4, 0.5) is 28.9 Å². The molecule has 2 aromatic rings. The number of alkyl halides is 3. The predicted octanol–water partition coefficient (Wildman–Crippen LogP) is 6.48. The van der Waals surface area contributed by atoms with E-state index >= 15 is 0 Å². The van der Waals surface area contributed by atoms with Gasteiger partial charge >= 0.3 is 6.18 Å². The SMILES string of the molecule is C=C(Nc1cnc(C#N)c(C(F)(F)F)c1)C1(Nc2ccc(C(=O)NC)c(F)c2)CCC1.CC.CC. The Balaban J connectivity index is 0.00000145. The number of nitriles is 1. The van der Waals surface area contributed by atoms with Crippen molar-refractivity contribution in [2.24, 2.45) is 0 Å². The molecule has 0 bridgehead atoms. The molecule has 1 saturated carbocycles. The Morgan fingerprint density at radius 2 is 1.77 bits per heavy atom. The van der Waals surface area contributed by atoms with Crippen molar-refractivity contribution >= 4 is 17.3 Å². The summed E-state index contributed by atoms with van der Waals surface area (Å²) in [7, 11) is 1.40. The number of aromatic nitrogens is 1. The lowest BCUT2D eigenvalue weighted by Gasteiger charge is -2.45. The second-order valence-corrected chi connectivity index (χ2v) is 7.17. The number of hydrogen-bond acceptors (Lipinski definition) is 5. The average Bonchev–Trinajstić information content (AvgIpc) is 2.83. The van der Waals surface area contributed by atoms with Crippen LogP contribution in [0.2, 0.25) is 0 Å². The number of carbonyl (C=O) groups excluding carboxylic acids is 1. The number of hydrogen-bond donors (Lipinski definition) is 3. The first kappa shape index (κ1) is 29.4. The quantitative estimate of drug-likeness (QED) is 0.401. The monoisotopic (exact) mass is 493 g/mol. The van der Waals surface area contributed by atoms with Crippen LogP contribution < -0.4 is 16.0 Å². The second-order valence-electron chi connectivity index (χ2n) is 7.17. The third-order valence-corrected chi connectivity index (χ3v) is 5.20. The molecule has 6 nitrogen and oxygen atoms in total. The third kappa shape index (κ3) is 6.94.